The lowest BCUT2D eigenvalue weighted by molar-refractivity contribution is 0.0624. The fourth-order valence-electron chi connectivity index (χ4n) is 1.89. The van der Waals surface area contributed by atoms with Crippen LogP contribution in [0.5, 0.6) is 0 Å². The number of rotatable bonds is 3. The summed E-state index contributed by atoms with van der Waals surface area (Å²) in [4.78, 5) is 0. The van der Waals surface area contributed by atoms with Crippen molar-refractivity contribution in [2.45, 2.75) is 33.5 Å². The number of benzene rings is 1. The molecule has 2 rings (SSSR count). The minimum Gasteiger partial charge on any atom is -0.373 e. The van der Waals surface area contributed by atoms with Crippen molar-refractivity contribution in [3.63, 3.8) is 0 Å². The van der Waals surface area contributed by atoms with Crippen LogP contribution in [-0.4, -0.2) is 10.7 Å². The summed E-state index contributed by atoms with van der Waals surface area (Å²) < 4.78 is 7.86. The molecule has 2 nitrogen and oxygen atoms in total. The highest BCUT2D eigenvalue weighted by Crippen LogP contribution is 2.20. The monoisotopic (exact) mass is 217 g/mol. The van der Waals surface area contributed by atoms with E-state index in [1.165, 1.54) is 22.2 Å². The van der Waals surface area contributed by atoms with Gasteiger partial charge in [-0.25, -0.2) is 0 Å². The van der Waals surface area contributed by atoms with Crippen LogP contribution in [0.2, 0.25) is 0 Å². The van der Waals surface area contributed by atoms with E-state index in [2.05, 4.69) is 56.7 Å². The number of ether oxygens (including phenoxy) is 1. The Morgan fingerprint density at radius 3 is 2.69 bits per heavy atom. The average Bonchev–Trinajstić information content (AvgIpc) is 2.53. The van der Waals surface area contributed by atoms with Gasteiger partial charge in [0, 0.05) is 18.3 Å². The number of hydrogen-bond acceptors (Lipinski definition) is 1. The third-order valence-corrected chi connectivity index (χ3v) is 2.86. The van der Waals surface area contributed by atoms with Crippen molar-refractivity contribution < 1.29 is 4.74 Å². The molecule has 0 bridgehead atoms. The van der Waals surface area contributed by atoms with Gasteiger partial charge in [-0.05, 0) is 43.9 Å². The first-order chi connectivity index (χ1) is 7.58. The van der Waals surface area contributed by atoms with E-state index in [4.69, 9.17) is 4.74 Å². The molecule has 86 valence electrons. The summed E-state index contributed by atoms with van der Waals surface area (Å²) in [5, 5.41) is 1.29. The quantitative estimate of drug-likeness (QED) is 0.768. The summed E-state index contributed by atoms with van der Waals surface area (Å²) in [6.45, 7) is 6.93. The Labute approximate surface area is 96.8 Å². The van der Waals surface area contributed by atoms with Crippen molar-refractivity contribution in [3.05, 3.63) is 35.5 Å². The Bertz CT molecular complexity index is 497. The van der Waals surface area contributed by atoms with E-state index in [1.807, 2.05) is 0 Å². The Balaban J connectivity index is 2.36. The molecule has 1 aromatic heterocycles. The Kier molecular flexibility index (Phi) is 3.01. The smallest absolute Gasteiger partial charge is 0.0871 e. The summed E-state index contributed by atoms with van der Waals surface area (Å²) in [6, 6.07) is 8.74. The maximum absolute atomic E-state index is 5.65. The highest BCUT2D eigenvalue weighted by molar-refractivity contribution is 5.81. The molecule has 0 saturated carbocycles. The normalized spacial score (nSPS) is 11.6. The second-order valence-corrected chi connectivity index (χ2v) is 4.62. The van der Waals surface area contributed by atoms with Gasteiger partial charge in [0.25, 0.3) is 0 Å². The molecule has 0 radical (unpaired) electrons. The largest absolute Gasteiger partial charge is 0.373 e. The van der Waals surface area contributed by atoms with Gasteiger partial charge in [-0.3, -0.25) is 0 Å². The number of aromatic nitrogens is 1. The fourth-order valence-corrected chi connectivity index (χ4v) is 1.89. The predicted molar refractivity (Wildman–Crippen MR) is 67.6 cm³/mol. The van der Waals surface area contributed by atoms with Crippen LogP contribution < -0.4 is 0 Å². The Morgan fingerprint density at radius 1 is 1.25 bits per heavy atom. The van der Waals surface area contributed by atoms with Gasteiger partial charge in [0.15, 0.2) is 0 Å². The van der Waals surface area contributed by atoms with Crippen LogP contribution in [0.3, 0.4) is 0 Å². The summed E-state index contributed by atoms with van der Waals surface area (Å²) in [5.41, 5.74) is 3.81. The SMILES string of the molecule is Cc1ccc2cc(COC(C)C)n(C)c2c1. The van der Waals surface area contributed by atoms with Gasteiger partial charge in [-0.15, -0.1) is 0 Å². The summed E-state index contributed by atoms with van der Waals surface area (Å²) in [7, 11) is 2.10. The lowest BCUT2D eigenvalue weighted by Crippen LogP contribution is -2.05. The topological polar surface area (TPSA) is 14.2 Å². The third-order valence-electron chi connectivity index (χ3n) is 2.86. The molecule has 0 aliphatic carbocycles. The first kappa shape index (κ1) is 11.2. The van der Waals surface area contributed by atoms with E-state index in [9.17, 15) is 0 Å². The van der Waals surface area contributed by atoms with Crippen LogP contribution in [0.1, 0.15) is 25.1 Å². The van der Waals surface area contributed by atoms with Gasteiger partial charge in [0.1, 0.15) is 0 Å². The summed E-state index contributed by atoms with van der Waals surface area (Å²) >= 11 is 0. The lowest BCUT2D eigenvalue weighted by Gasteiger charge is -2.08. The molecule has 0 unspecified atom stereocenters. The second-order valence-electron chi connectivity index (χ2n) is 4.62. The van der Waals surface area contributed by atoms with Gasteiger partial charge in [-0.1, -0.05) is 12.1 Å². The van der Waals surface area contributed by atoms with Crippen molar-refractivity contribution >= 4 is 10.9 Å². The molecule has 2 heteroatoms. The molecule has 16 heavy (non-hydrogen) atoms. The highest BCUT2D eigenvalue weighted by atomic mass is 16.5. The van der Waals surface area contributed by atoms with E-state index < -0.39 is 0 Å². The minimum absolute atomic E-state index is 0.278. The Hall–Kier alpha value is -1.28. The van der Waals surface area contributed by atoms with Crippen molar-refractivity contribution in [3.8, 4) is 0 Å². The maximum atomic E-state index is 5.65. The molecule has 0 N–H and O–H groups in total. The minimum atomic E-state index is 0.278. The van der Waals surface area contributed by atoms with Crippen molar-refractivity contribution in [1.82, 2.24) is 4.57 Å². The Morgan fingerprint density at radius 2 is 2.00 bits per heavy atom. The first-order valence-electron chi connectivity index (χ1n) is 5.74. The van der Waals surface area contributed by atoms with Gasteiger partial charge in [0.05, 0.1) is 12.7 Å². The maximum Gasteiger partial charge on any atom is 0.0871 e. The van der Waals surface area contributed by atoms with Crippen LogP contribution >= 0.6 is 0 Å². The van der Waals surface area contributed by atoms with Crippen LogP contribution in [0.4, 0.5) is 0 Å². The van der Waals surface area contributed by atoms with E-state index in [0.29, 0.717) is 6.61 Å². The molecule has 1 heterocycles. The lowest BCUT2D eigenvalue weighted by atomic mass is 10.2. The third kappa shape index (κ3) is 2.12. The van der Waals surface area contributed by atoms with Crippen molar-refractivity contribution in [1.29, 1.82) is 0 Å². The molecule has 0 saturated heterocycles. The molecular formula is C14H19NO. The van der Waals surface area contributed by atoms with Crippen LogP contribution in [0, 0.1) is 6.92 Å². The van der Waals surface area contributed by atoms with E-state index in [0.717, 1.165) is 0 Å². The van der Waals surface area contributed by atoms with Crippen LogP contribution in [0.15, 0.2) is 24.3 Å². The van der Waals surface area contributed by atoms with Gasteiger partial charge in [-0.2, -0.15) is 0 Å². The first-order valence-corrected chi connectivity index (χ1v) is 5.74. The van der Waals surface area contributed by atoms with E-state index in [-0.39, 0.29) is 6.10 Å². The number of nitrogens with zero attached hydrogens (tertiary/aromatic N) is 1. The van der Waals surface area contributed by atoms with Gasteiger partial charge >= 0.3 is 0 Å². The zero-order valence-electron chi connectivity index (χ0n) is 10.4. The molecule has 2 aromatic rings. The zero-order valence-corrected chi connectivity index (χ0v) is 10.4. The standard InChI is InChI=1S/C14H19NO/c1-10(2)16-9-13-8-12-6-5-11(3)7-14(12)15(13)4/h5-8,10H,9H2,1-4H3. The second kappa shape index (κ2) is 4.30. The van der Waals surface area contributed by atoms with E-state index in [1.54, 1.807) is 0 Å². The summed E-state index contributed by atoms with van der Waals surface area (Å²) in [5.74, 6) is 0. The average molecular weight is 217 g/mol. The van der Waals surface area contributed by atoms with Crippen molar-refractivity contribution in [2.24, 2.45) is 7.05 Å². The number of hydrogen-bond donors (Lipinski definition) is 0. The molecule has 0 amide bonds. The summed E-state index contributed by atoms with van der Waals surface area (Å²) in [6.07, 6.45) is 0.278. The molecule has 0 atom stereocenters. The van der Waals surface area contributed by atoms with Crippen LogP contribution in [0.25, 0.3) is 10.9 Å². The van der Waals surface area contributed by atoms with Gasteiger partial charge in [0.2, 0.25) is 0 Å². The molecule has 0 spiro atoms. The van der Waals surface area contributed by atoms with E-state index >= 15 is 0 Å². The number of aryl methyl sites for hydroxylation is 2. The predicted octanol–water partition coefficient (Wildman–Crippen LogP) is 3.41. The van der Waals surface area contributed by atoms with Gasteiger partial charge < -0.3 is 9.30 Å². The fraction of sp³-hybridized carbons (Fsp3) is 0.429. The molecule has 0 aliphatic heterocycles. The van der Waals surface area contributed by atoms with Crippen LogP contribution in [-0.2, 0) is 18.4 Å². The van der Waals surface area contributed by atoms with Crippen molar-refractivity contribution in [2.75, 3.05) is 0 Å². The molecule has 0 fully saturated rings. The molecule has 1 aromatic carbocycles. The molecular weight excluding hydrogens is 198 g/mol. The zero-order chi connectivity index (χ0) is 11.7. The molecule has 0 aliphatic rings. The highest BCUT2D eigenvalue weighted by Gasteiger charge is 2.06. The number of fused-ring (bicyclic) bond motifs is 1.